The van der Waals surface area contributed by atoms with Gasteiger partial charge in [-0.05, 0) is 30.3 Å². The van der Waals surface area contributed by atoms with Gasteiger partial charge in [0.2, 0.25) is 0 Å². The number of hydrogen-bond acceptors (Lipinski definition) is 4. The largest absolute Gasteiger partial charge is 0.269 e. The molecular formula is C15H13N3O2S. The Kier molecular flexibility index (Phi) is 3.31. The van der Waals surface area contributed by atoms with E-state index in [1.807, 2.05) is 0 Å². The van der Waals surface area contributed by atoms with E-state index in [-0.39, 0.29) is 4.90 Å². The Bertz CT molecular complexity index is 880. The van der Waals surface area contributed by atoms with Crippen LogP contribution in [0.2, 0.25) is 0 Å². The lowest BCUT2D eigenvalue weighted by molar-refractivity contribution is 0.594. The molecule has 0 aliphatic rings. The first-order valence-corrected chi connectivity index (χ1v) is 7.78. The maximum absolute atomic E-state index is 12.6. The van der Waals surface area contributed by atoms with Crippen LogP contribution in [0.15, 0.2) is 65.8 Å². The van der Waals surface area contributed by atoms with Crippen LogP contribution in [-0.2, 0) is 10.0 Å². The van der Waals surface area contributed by atoms with Crippen molar-refractivity contribution in [1.82, 2.24) is 9.97 Å². The SMILES string of the molecule is CN(c1ccc2nccnc2c1)S(=O)(=O)c1ccccc1. The van der Waals surface area contributed by atoms with Crippen molar-refractivity contribution < 1.29 is 8.42 Å². The normalized spacial score (nSPS) is 11.5. The number of sulfonamides is 1. The smallest absolute Gasteiger partial charge is 0.264 e. The molecule has 6 heteroatoms. The molecule has 5 nitrogen and oxygen atoms in total. The molecule has 2 aromatic carbocycles. The van der Waals surface area contributed by atoms with Gasteiger partial charge in [0.1, 0.15) is 0 Å². The van der Waals surface area contributed by atoms with Crippen LogP contribution in [0.4, 0.5) is 5.69 Å². The van der Waals surface area contributed by atoms with Gasteiger partial charge in [0.15, 0.2) is 0 Å². The average molecular weight is 299 g/mol. The molecular weight excluding hydrogens is 286 g/mol. The van der Waals surface area contributed by atoms with Crippen LogP contribution in [0.3, 0.4) is 0 Å². The van der Waals surface area contributed by atoms with Gasteiger partial charge < -0.3 is 0 Å². The van der Waals surface area contributed by atoms with Crippen molar-refractivity contribution in [1.29, 1.82) is 0 Å². The first kappa shape index (κ1) is 13.5. The Morgan fingerprint density at radius 1 is 0.905 bits per heavy atom. The molecule has 0 aliphatic heterocycles. The zero-order chi connectivity index (χ0) is 14.9. The van der Waals surface area contributed by atoms with Crippen molar-refractivity contribution in [2.24, 2.45) is 0 Å². The summed E-state index contributed by atoms with van der Waals surface area (Å²) in [6, 6.07) is 13.5. The van der Waals surface area contributed by atoms with E-state index < -0.39 is 10.0 Å². The van der Waals surface area contributed by atoms with Gasteiger partial charge >= 0.3 is 0 Å². The third kappa shape index (κ3) is 2.45. The number of nitrogens with zero attached hydrogens (tertiary/aromatic N) is 3. The lowest BCUT2D eigenvalue weighted by Gasteiger charge is -2.19. The lowest BCUT2D eigenvalue weighted by atomic mass is 10.2. The summed E-state index contributed by atoms with van der Waals surface area (Å²) in [5, 5.41) is 0. The summed E-state index contributed by atoms with van der Waals surface area (Å²) in [5.41, 5.74) is 1.93. The first-order valence-electron chi connectivity index (χ1n) is 6.34. The maximum Gasteiger partial charge on any atom is 0.264 e. The predicted molar refractivity (Wildman–Crippen MR) is 81.6 cm³/mol. The van der Waals surface area contributed by atoms with Crippen molar-refractivity contribution in [3.05, 3.63) is 60.9 Å². The molecule has 0 bridgehead atoms. The highest BCUT2D eigenvalue weighted by Gasteiger charge is 2.21. The summed E-state index contributed by atoms with van der Waals surface area (Å²) in [6.07, 6.45) is 3.18. The molecule has 21 heavy (non-hydrogen) atoms. The number of benzene rings is 2. The highest BCUT2D eigenvalue weighted by atomic mass is 32.2. The minimum absolute atomic E-state index is 0.256. The molecule has 106 valence electrons. The molecule has 0 spiro atoms. The van der Waals surface area contributed by atoms with Crippen LogP contribution < -0.4 is 4.31 Å². The van der Waals surface area contributed by atoms with Gasteiger partial charge in [-0.15, -0.1) is 0 Å². The maximum atomic E-state index is 12.6. The van der Waals surface area contributed by atoms with Crippen molar-refractivity contribution >= 4 is 26.7 Å². The molecule has 0 amide bonds. The van der Waals surface area contributed by atoms with Crippen molar-refractivity contribution in [3.63, 3.8) is 0 Å². The summed E-state index contributed by atoms with van der Waals surface area (Å²) >= 11 is 0. The van der Waals surface area contributed by atoms with Gasteiger partial charge in [0.25, 0.3) is 10.0 Å². The molecule has 0 N–H and O–H groups in total. The van der Waals surface area contributed by atoms with Crippen molar-refractivity contribution in [2.45, 2.75) is 4.90 Å². The van der Waals surface area contributed by atoms with E-state index >= 15 is 0 Å². The van der Waals surface area contributed by atoms with E-state index in [4.69, 9.17) is 0 Å². The molecule has 0 fully saturated rings. The minimum atomic E-state index is -3.58. The molecule has 1 heterocycles. The third-order valence-electron chi connectivity index (χ3n) is 3.22. The number of aromatic nitrogens is 2. The Hall–Kier alpha value is -2.47. The number of anilines is 1. The van der Waals surface area contributed by atoms with Crippen LogP contribution in [0, 0.1) is 0 Å². The number of rotatable bonds is 3. The standard InChI is InChI=1S/C15H13N3O2S/c1-18(21(19,20)13-5-3-2-4-6-13)12-7-8-14-15(11-12)17-10-9-16-14/h2-11H,1H3. The van der Waals surface area contributed by atoms with Gasteiger partial charge in [-0.1, -0.05) is 18.2 Å². The fourth-order valence-corrected chi connectivity index (χ4v) is 3.25. The second kappa shape index (κ2) is 5.14. The quantitative estimate of drug-likeness (QED) is 0.745. The summed E-state index contributed by atoms with van der Waals surface area (Å²) in [5.74, 6) is 0. The van der Waals surface area contributed by atoms with Gasteiger partial charge in [0, 0.05) is 19.4 Å². The van der Waals surface area contributed by atoms with Crippen LogP contribution in [0.1, 0.15) is 0 Å². The topological polar surface area (TPSA) is 63.2 Å². The van der Waals surface area contributed by atoms with E-state index in [2.05, 4.69) is 9.97 Å². The van der Waals surface area contributed by atoms with Crippen LogP contribution in [-0.4, -0.2) is 25.4 Å². The number of hydrogen-bond donors (Lipinski definition) is 0. The fourth-order valence-electron chi connectivity index (χ4n) is 2.04. The van der Waals surface area contributed by atoms with Gasteiger partial charge in [0.05, 0.1) is 21.6 Å². The van der Waals surface area contributed by atoms with Gasteiger partial charge in [-0.2, -0.15) is 0 Å². The monoisotopic (exact) mass is 299 g/mol. The zero-order valence-electron chi connectivity index (χ0n) is 11.3. The molecule has 3 rings (SSSR count). The first-order chi connectivity index (χ1) is 10.1. The van der Waals surface area contributed by atoms with Gasteiger partial charge in [-0.25, -0.2) is 8.42 Å². The number of fused-ring (bicyclic) bond motifs is 1. The Morgan fingerprint density at radius 2 is 1.57 bits per heavy atom. The Labute approximate surface area is 122 Å². The average Bonchev–Trinajstić information content (AvgIpc) is 2.54. The fraction of sp³-hybridized carbons (Fsp3) is 0.0667. The molecule has 0 saturated carbocycles. The van der Waals surface area contributed by atoms with Crippen LogP contribution in [0.25, 0.3) is 11.0 Å². The molecule has 0 aliphatic carbocycles. The molecule has 3 aromatic rings. The minimum Gasteiger partial charge on any atom is -0.269 e. The molecule has 0 atom stereocenters. The Morgan fingerprint density at radius 3 is 2.29 bits per heavy atom. The highest BCUT2D eigenvalue weighted by Crippen LogP contribution is 2.24. The van der Waals surface area contributed by atoms with E-state index in [1.165, 1.54) is 11.4 Å². The van der Waals surface area contributed by atoms with Crippen LogP contribution >= 0.6 is 0 Å². The second-order valence-electron chi connectivity index (χ2n) is 4.51. The zero-order valence-corrected chi connectivity index (χ0v) is 12.2. The molecule has 1 aromatic heterocycles. The summed E-state index contributed by atoms with van der Waals surface area (Å²) < 4.78 is 26.4. The van der Waals surface area contributed by atoms with Crippen molar-refractivity contribution in [3.8, 4) is 0 Å². The lowest BCUT2D eigenvalue weighted by Crippen LogP contribution is -2.26. The molecule has 0 unspecified atom stereocenters. The predicted octanol–water partition coefficient (Wildman–Crippen LogP) is 2.45. The summed E-state index contributed by atoms with van der Waals surface area (Å²) in [6.45, 7) is 0. The molecule has 0 saturated heterocycles. The van der Waals surface area contributed by atoms with E-state index in [1.54, 1.807) is 60.9 Å². The molecule has 0 radical (unpaired) electrons. The van der Waals surface area contributed by atoms with E-state index in [0.29, 0.717) is 11.2 Å². The van der Waals surface area contributed by atoms with E-state index in [0.717, 1.165) is 5.52 Å². The van der Waals surface area contributed by atoms with E-state index in [9.17, 15) is 8.42 Å². The van der Waals surface area contributed by atoms with Crippen LogP contribution in [0.5, 0.6) is 0 Å². The highest BCUT2D eigenvalue weighted by molar-refractivity contribution is 7.92. The Balaban J connectivity index is 2.06. The van der Waals surface area contributed by atoms with Crippen molar-refractivity contribution in [2.75, 3.05) is 11.4 Å². The third-order valence-corrected chi connectivity index (χ3v) is 5.02. The van der Waals surface area contributed by atoms with Gasteiger partial charge in [-0.3, -0.25) is 14.3 Å². The second-order valence-corrected chi connectivity index (χ2v) is 6.48. The summed E-state index contributed by atoms with van der Waals surface area (Å²) in [4.78, 5) is 8.62. The summed E-state index contributed by atoms with van der Waals surface area (Å²) in [7, 11) is -2.05.